The lowest BCUT2D eigenvalue weighted by Crippen LogP contribution is -2.45. The molecule has 2 fully saturated rings. The van der Waals surface area contributed by atoms with Crippen molar-refractivity contribution in [3.63, 3.8) is 0 Å². The maximum atomic E-state index is 14.5. The lowest BCUT2D eigenvalue weighted by molar-refractivity contribution is 0.301. The monoisotopic (exact) mass is 291 g/mol. The van der Waals surface area contributed by atoms with Crippen LogP contribution in [0.25, 0.3) is 0 Å². The number of rotatable bonds is 2. The number of hydrogen-bond donors (Lipinski definition) is 1. The van der Waals surface area contributed by atoms with E-state index in [1.165, 1.54) is 6.42 Å². The van der Waals surface area contributed by atoms with E-state index in [4.69, 9.17) is 5.73 Å². The van der Waals surface area contributed by atoms with Crippen LogP contribution in [0.3, 0.4) is 0 Å². The number of nitrogens with two attached hydrogens (primary N) is 1. The van der Waals surface area contributed by atoms with Crippen molar-refractivity contribution in [1.29, 1.82) is 0 Å². The molecular formula is C17H26FN3. The molecule has 116 valence electrons. The van der Waals surface area contributed by atoms with Crippen molar-refractivity contribution in [3.8, 4) is 0 Å². The second-order valence-electron chi connectivity index (χ2n) is 6.67. The van der Waals surface area contributed by atoms with Crippen LogP contribution in [0.1, 0.15) is 37.7 Å². The van der Waals surface area contributed by atoms with E-state index in [-0.39, 0.29) is 11.4 Å². The molecule has 0 atom stereocenters. The maximum absolute atomic E-state index is 14.5. The summed E-state index contributed by atoms with van der Waals surface area (Å²) in [6.45, 7) is 3.76. The number of anilines is 1. The summed E-state index contributed by atoms with van der Waals surface area (Å²) in [6, 6.07) is 5.65. The Labute approximate surface area is 126 Å². The molecule has 0 aromatic heterocycles. The summed E-state index contributed by atoms with van der Waals surface area (Å²) in [5.41, 5.74) is 7.89. The summed E-state index contributed by atoms with van der Waals surface area (Å²) < 4.78 is 14.5. The smallest absolute Gasteiger partial charge is 0.146 e. The molecule has 1 saturated heterocycles. The third-order valence-electron chi connectivity index (χ3n) is 5.11. The Morgan fingerprint density at radius 1 is 1.05 bits per heavy atom. The zero-order valence-corrected chi connectivity index (χ0v) is 12.9. The first-order valence-electron chi connectivity index (χ1n) is 8.11. The second-order valence-corrected chi connectivity index (χ2v) is 6.67. The van der Waals surface area contributed by atoms with Gasteiger partial charge in [-0.05, 0) is 37.6 Å². The number of halogens is 1. The van der Waals surface area contributed by atoms with E-state index in [0.29, 0.717) is 0 Å². The highest BCUT2D eigenvalue weighted by atomic mass is 19.1. The highest BCUT2D eigenvalue weighted by Gasteiger charge is 2.30. The Hall–Kier alpha value is -1.13. The van der Waals surface area contributed by atoms with Crippen LogP contribution in [0.15, 0.2) is 18.2 Å². The Morgan fingerprint density at radius 2 is 1.71 bits per heavy atom. The van der Waals surface area contributed by atoms with Gasteiger partial charge in [0.2, 0.25) is 0 Å². The summed E-state index contributed by atoms with van der Waals surface area (Å²) in [7, 11) is 2.11. The quantitative estimate of drug-likeness (QED) is 0.909. The first-order chi connectivity index (χ1) is 10.1. The van der Waals surface area contributed by atoms with E-state index < -0.39 is 0 Å². The normalized spacial score (nSPS) is 23.3. The van der Waals surface area contributed by atoms with E-state index in [0.717, 1.165) is 63.1 Å². The summed E-state index contributed by atoms with van der Waals surface area (Å²) in [5, 5.41) is 0. The standard InChI is InChI=1S/C17H26FN3/c1-20-9-11-21(12-10-20)16-6-5-14(13-15(16)18)17(19)7-3-2-4-8-17/h5-6,13H,2-4,7-12,19H2,1H3. The Morgan fingerprint density at radius 3 is 2.33 bits per heavy atom. The summed E-state index contributed by atoms with van der Waals surface area (Å²) >= 11 is 0. The highest BCUT2D eigenvalue weighted by molar-refractivity contribution is 5.50. The summed E-state index contributed by atoms with van der Waals surface area (Å²) in [6.07, 6.45) is 5.50. The van der Waals surface area contributed by atoms with E-state index >= 15 is 0 Å². The van der Waals surface area contributed by atoms with E-state index in [1.54, 1.807) is 6.07 Å². The van der Waals surface area contributed by atoms with Gasteiger partial charge >= 0.3 is 0 Å². The highest BCUT2D eigenvalue weighted by Crippen LogP contribution is 2.36. The lowest BCUT2D eigenvalue weighted by Gasteiger charge is -2.36. The molecular weight excluding hydrogens is 265 g/mol. The summed E-state index contributed by atoms with van der Waals surface area (Å²) in [5.74, 6) is -0.118. The minimum Gasteiger partial charge on any atom is -0.367 e. The molecule has 0 bridgehead atoms. The maximum Gasteiger partial charge on any atom is 0.146 e. The van der Waals surface area contributed by atoms with Crippen LogP contribution in [0.2, 0.25) is 0 Å². The third kappa shape index (κ3) is 3.06. The molecule has 2 aliphatic rings. The molecule has 1 heterocycles. The zero-order valence-electron chi connectivity index (χ0n) is 12.9. The molecule has 3 rings (SSSR count). The number of nitrogens with zero attached hydrogens (tertiary/aromatic N) is 2. The van der Waals surface area contributed by atoms with Crippen LogP contribution in [-0.4, -0.2) is 38.1 Å². The van der Waals surface area contributed by atoms with Crippen molar-refractivity contribution in [2.75, 3.05) is 38.1 Å². The molecule has 0 spiro atoms. The molecule has 3 nitrogen and oxygen atoms in total. The largest absolute Gasteiger partial charge is 0.367 e. The molecule has 4 heteroatoms. The molecule has 21 heavy (non-hydrogen) atoms. The van der Waals surface area contributed by atoms with Crippen LogP contribution in [0, 0.1) is 5.82 Å². The average Bonchev–Trinajstić information content (AvgIpc) is 2.49. The first kappa shape index (κ1) is 14.8. The molecule has 1 aliphatic carbocycles. The minimum atomic E-state index is -0.320. The fourth-order valence-electron chi connectivity index (χ4n) is 3.59. The fourth-order valence-corrected chi connectivity index (χ4v) is 3.59. The predicted octanol–water partition coefficient (Wildman–Crippen LogP) is 2.70. The van der Waals surface area contributed by atoms with Gasteiger partial charge in [-0.25, -0.2) is 4.39 Å². The number of piperazine rings is 1. The first-order valence-corrected chi connectivity index (χ1v) is 8.11. The van der Waals surface area contributed by atoms with Crippen molar-refractivity contribution >= 4 is 5.69 Å². The number of hydrogen-bond acceptors (Lipinski definition) is 3. The van der Waals surface area contributed by atoms with Crippen molar-refractivity contribution in [2.24, 2.45) is 5.73 Å². The molecule has 0 radical (unpaired) electrons. The van der Waals surface area contributed by atoms with Gasteiger partial charge in [-0.3, -0.25) is 0 Å². The third-order valence-corrected chi connectivity index (χ3v) is 5.11. The van der Waals surface area contributed by atoms with Crippen LogP contribution in [-0.2, 0) is 5.54 Å². The van der Waals surface area contributed by atoms with Gasteiger partial charge in [0, 0.05) is 31.7 Å². The number of likely N-dealkylation sites (N-methyl/N-ethyl adjacent to an activating group) is 1. The lowest BCUT2D eigenvalue weighted by atomic mass is 9.77. The van der Waals surface area contributed by atoms with Gasteiger partial charge in [-0.1, -0.05) is 25.3 Å². The average molecular weight is 291 g/mol. The molecule has 2 N–H and O–H groups in total. The van der Waals surface area contributed by atoms with E-state index in [2.05, 4.69) is 16.8 Å². The molecule has 1 aliphatic heterocycles. The van der Waals surface area contributed by atoms with E-state index in [9.17, 15) is 4.39 Å². The fraction of sp³-hybridized carbons (Fsp3) is 0.647. The Kier molecular flexibility index (Phi) is 4.18. The molecule has 1 aromatic carbocycles. The second kappa shape index (κ2) is 5.93. The van der Waals surface area contributed by atoms with Crippen molar-refractivity contribution < 1.29 is 4.39 Å². The predicted molar refractivity (Wildman–Crippen MR) is 85.1 cm³/mol. The van der Waals surface area contributed by atoms with Gasteiger partial charge in [0.25, 0.3) is 0 Å². The molecule has 0 unspecified atom stereocenters. The zero-order chi connectivity index (χ0) is 14.9. The van der Waals surface area contributed by atoms with Gasteiger partial charge < -0.3 is 15.5 Å². The van der Waals surface area contributed by atoms with Crippen molar-refractivity contribution in [2.45, 2.75) is 37.6 Å². The van der Waals surface area contributed by atoms with Gasteiger partial charge in [0.15, 0.2) is 0 Å². The van der Waals surface area contributed by atoms with Crippen LogP contribution >= 0.6 is 0 Å². The van der Waals surface area contributed by atoms with Gasteiger partial charge in [0.1, 0.15) is 5.82 Å². The van der Waals surface area contributed by atoms with Gasteiger partial charge in [-0.15, -0.1) is 0 Å². The van der Waals surface area contributed by atoms with Crippen LogP contribution in [0.5, 0.6) is 0 Å². The van der Waals surface area contributed by atoms with Crippen molar-refractivity contribution in [3.05, 3.63) is 29.6 Å². The van der Waals surface area contributed by atoms with Crippen LogP contribution < -0.4 is 10.6 Å². The van der Waals surface area contributed by atoms with Crippen molar-refractivity contribution in [1.82, 2.24) is 4.90 Å². The van der Waals surface area contributed by atoms with Gasteiger partial charge in [0.05, 0.1) is 5.69 Å². The van der Waals surface area contributed by atoms with Crippen LogP contribution in [0.4, 0.5) is 10.1 Å². The van der Waals surface area contributed by atoms with Gasteiger partial charge in [-0.2, -0.15) is 0 Å². The Bertz CT molecular complexity index is 489. The van der Waals surface area contributed by atoms with E-state index in [1.807, 2.05) is 12.1 Å². The number of benzene rings is 1. The minimum absolute atomic E-state index is 0.118. The summed E-state index contributed by atoms with van der Waals surface area (Å²) in [4.78, 5) is 4.42. The Balaban J connectivity index is 1.79. The molecule has 0 amide bonds. The SMILES string of the molecule is CN1CCN(c2ccc(C3(N)CCCCC3)cc2F)CC1. The molecule has 1 saturated carbocycles. The molecule has 1 aromatic rings. The topological polar surface area (TPSA) is 32.5 Å².